The highest BCUT2D eigenvalue weighted by atomic mass is 35.5. The Labute approximate surface area is 219 Å². The molecule has 1 N–H and O–H groups in total. The lowest BCUT2D eigenvalue weighted by molar-refractivity contribution is 0.0610. The molecule has 36 heavy (non-hydrogen) atoms. The van der Waals surface area contributed by atoms with Gasteiger partial charge in [-0.25, -0.2) is 14.8 Å². The van der Waals surface area contributed by atoms with Crippen molar-refractivity contribution in [1.29, 1.82) is 0 Å². The Hall–Kier alpha value is -2.46. The number of halogens is 2. The molecule has 1 unspecified atom stereocenters. The molecule has 2 aliphatic rings. The van der Waals surface area contributed by atoms with Crippen LogP contribution in [0, 0.1) is 0 Å². The third-order valence-electron chi connectivity index (χ3n) is 7.52. The smallest absolute Gasteiger partial charge is 0.329 e. The summed E-state index contributed by atoms with van der Waals surface area (Å²) in [6, 6.07) is 9.04. The lowest BCUT2D eigenvalue weighted by Crippen LogP contribution is -2.58. The Kier molecular flexibility index (Phi) is 7.35. The van der Waals surface area contributed by atoms with E-state index in [-0.39, 0.29) is 16.3 Å². The molecule has 11 heteroatoms. The molecular formula is C25H31Cl2N7O2. The number of fused-ring (bicyclic) bond motifs is 1. The zero-order chi connectivity index (χ0) is 25.4. The molecule has 2 saturated heterocycles. The predicted molar refractivity (Wildman–Crippen MR) is 143 cm³/mol. The topological polar surface area (TPSA) is 90.4 Å². The molecule has 1 atom stereocenters. The highest BCUT2D eigenvalue weighted by molar-refractivity contribution is 6.32. The maximum absolute atomic E-state index is 12.4. The summed E-state index contributed by atoms with van der Waals surface area (Å²) in [7, 11) is 1.40. The average Bonchev–Trinajstić information content (AvgIpc) is 2.89. The minimum Gasteiger partial charge on any atom is -0.351 e. The van der Waals surface area contributed by atoms with Gasteiger partial charge in [0.2, 0.25) is 0 Å². The number of aromatic amines is 1. The van der Waals surface area contributed by atoms with Crippen molar-refractivity contribution in [3.63, 3.8) is 0 Å². The molecule has 4 heterocycles. The van der Waals surface area contributed by atoms with Gasteiger partial charge in [-0.05, 0) is 50.0 Å². The van der Waals surface area contributed by atoms with Crippen molar-refractivity contribution in [1.82, 2.24) is 29.3 Å². The van der Waals surface area contributed by atoms with Crippen LogP contribution in [0.25, 0.3) is 11.2 Å². The minimum absolute atomic E-state index is 0.0712. The normalized spacial score (nSPS) is 20.3. The number of piperidine rings is 1. The predicted octanol–water partition coefficient (Wildman–Crippen LogP) is 2.89. The first-order chi connectivity index (χ1) is 17.3. The molecule has 0 spiro atoms. The molecule has 1 aromatic carbocycles. The SMILES string of the molecule is CCC1CN(c2nc3[nH]c(=O)n(C)c(=O)c3nc2Cl)CCN1C1CCN(Cc2ccc(Cl)cc2)CC1. The molecule has 192 valence electrons. The summed E-state index contributed by atoms with van der Waals surface area (Å²) in [5.74, 6) is 0.518. The Morgan fingerprint density at radius 2 is 1.75 bits per heavy atom. The van der Waals surface area contributed by atoms with Gasteiger partial charge in [0, 0.05) is 50.3 Å². The molecule has 0 amide bonds. The molecule has 0 aliphatic carbocycles. The largest absolute Gasteiger partial charge is 0.351 e. The van der Waals surface area contributed by atoms with Gasteiger partial charge in [0.05, 0.1) is 0 Å². The molecule has 5 rings (SSSR count). The van der Waals surface area contributed by atoms with E-state index in [1.165, 1.54) is 12.6 Å². The van der Waals surface area contributed by atoms with Crippen LogP contribution >= 0.6 is 23.2 Å². The molecule has 0 saturated carbocycles. The van der Waals surface area contributed by atoms with E-state index in [9.17, 15) is 9.59 Å². The Morgan fingerprint density at radius 3 is 2.44 bits per heavy atom. The van der Waals surface area contributed by atoms with E-state index in [4.69, 9.17) is 23.2 Å². The molecule has 2 fully saturated rings. The highest BCUT2D eigenvalue weighted by Crippen LogP contribution is 2.29. The number of anilines is 1. The molecule has 0 radical (unpaired) electrons. The van der Waals surface area contributed by atoms with Crippen LogP contribution in [0.5, 0.6) is 0 Å². The van der Waals surface area contributed by atoms with Crippen molar-refractivity contribution in [2.75, 3.05) is 37.6 Å². The third kappa shape index (κ3) is 5.02. The quantitative estimate of drug-likeness (QED) is 0.541. The van der Waals surface area contributed by atoms with Gasteiger partial charge in [-0.15, -0.1) is 0 Å². The molecule has 2 aliphatic heterocycles. The Balaban J connectivity index is 1.26. The van der Waals surface area contributed by atoms with Crippen LogP contribution in [0.1, 0.15) is 31.7 Å². The van der Waals surface area contributed by atoms with Gasteiger partial charge in [0.25, 0.3) is 5.56 Å². The first kappa shape index (κ1) is 25.2. The lowest BCUT2D eigenvalue weighted by atomic mass is 9.98. The first-order valence-corrected chi connectivity index (χ1v) is 13.2. The minimum atomic E-state index is -0.520. The summed E-state index contributed by atoms with van der Waals surface area (Å²) >= 11 is 12.5. The van der Waals surface area contributed by atoms with Crippen molar-refractivity contribution in [3.8, 4) is 0 Å². The number of nitrogens with one attached hydrogen (secondary N) is 1. The second kappa shape index (κ2) is 10.5. The van der Waals surface area contributed by atoms with Crippen LogP contribution < -0.4 is 16.1 Å². The van der Waals surface area contributed by atoms with Crippen LogP contribution in [0.4, 0.5) is 5.82 Å². The van der Waals surface area contributed by atoms with Crippen LogP contribution in [-0.2, 0) is 13.6 Å². The first-order valence-electron chi connectivity index (χ1n) is 12.5. The summed E-state index contributed by atoms with van der Waals surface area (Å²) < 4.78 is 0.972. The van der Waals surface area contributed by atoms with Crippen molar-refractivity contribution in [3.05, 3.63) is 60.8 Å². The van der Waals surface area contributed by atoms with Gasteiger partial charge >= 0.3 is 5.69 Å². The van der Waals surface area contributed by atoms with E-state index in [0.717, 1.165) is 68.1 Å². The lowest BCUT2D eigenvalue weighted by Gasteiger charge is -2.47. The second-order valence-corrected chi connectivity index (χ2v) is 10.5. The molecule has 2 aromatic heterocycles. The number of hydrogen-bond donors (Lipinski definition) is 1. The summed E-state index contributed by atoms with van der Waals surface area (Å²) in [4.78, 5) is 43.2. The second-order valence-electron chi connectivity index (χ2n) is 9.71. The van der Waals surface area contributed by atoms with Crippen LogP contribution in [0.2, 0.25) is 10.2 Å². The van der Waals surface area contributed by atoms with Crippen molar-refractivity contribution >= 4 is 40.2 Å². The zero-order valence-corrected chi connectivity index (χ0v) is 22.1. The number of H-pyrrole nitrogens is 1. The van der Waals surface area contributed by atoms with Crippen molar-refractivity contribution < 1.29 is 0 Å². The molecule has 0 bridgehead atoms. The average molecular weight is 532 g/mol. The van der Waals surface area contributed by atoms with Crippen LogP contribution in [0.3, 0.4) is 0 Å². The van der Waals surface area contributed by atoms with Crippen LogP contribution in [0.15, 0.2) is 33.9 Å². The van der Waals surface area contributed by atoms with Crippen molar-refractivity contribution in [2.45, 2.75) is 44.8 Å². The maximum Gasteiger partial charge on any atom is 0.329 e. The van der Waals surface area contributed by atoms with E-state index in [0.29, 0.717) is 17.9 Å². The van der Waals surface area contributed by atoms with Gasteiger partial charge in [-0.2, -0.15) is 0 Å². The third-order valence-corrected chi connectivity index (χ3v) is 8.02. The van der Waals surface area contributed by atoms with E-state index >= 15 is 0 Å². The van der Waals surface area contributed by atoms with Gasteiger partial charge in [0.1, 0.15) is 0 Å². The summed E-state index contributed by atoms with van der Waals surface area (Å²) in [5.41, 5.74) is 0.514. The number of benzene rings is 1. The number of piperazine rings is 1. The molecule has 3 aromatic rings. The standard InChI is InChI=1S/C25H31Cl2N7O2/c1-3-18-15-33(23-21(27)28-20-22(29-23)30-25(36)31(2)24(20)35)12-13-34(18)19-8-10-32(11-9-19)14-16-4-6-17(26)7-5-16/h4-7,18-19H,3,8-15H2,1-2H3,(H,29,30,36). The Bertz CT molecular complexity index is 1350. The number of likely N-dealkylation sites (tertiary alicyclic amines) is 1. The number of rotatable bonds is 5. The maximum atomic E-state index is 12.4. The van der Waals surface area contributed by atoms with E-state index in [2.05, 4.69) is 48.7 Å². The molecule has 9 nitrogen and oxygen atoms in total. The van der Waals surface area contributed by atoms with E-state index in [1.54, 1.807) is 0 Å². The highest BCUT2D eigenvalue weighted by Gasteiger charge is 2.34. The summed E-state index contributed by atoms with van der Waals surface area (Å²) in [5, 5.41) is 0.959. The van der Waals surface area contributed by atoms with Gasteiger partial charge in [0.15, 0.2) is 22.1 Å². The van der Waals surface area contributed by atoms with Gasteiger partial charge < -0.3 is 4.90 Å². The monoisotopic (exact) mass is 531 g/mol. The fourth-order valence-corrected chi connectivity index (χ4v) is 5.82. The van der Waals surface area contributed by atoms with Gasteiger partial charge in [-0.1, -0.05) is 42.3 Å². The van der Waals surface area contributed by atoms with E-state index in [1.807, 2.05) is 12.1 Å². The Morgan fingerprint density at radius 1 is 1.03 bits per heavy atom. The van der Waals surface area contributed by atoms with E-state index < -0.39 is 11.2 Å². The van der Waals surface area contributed by atoms with Gasteiger partial charge in [-0.3, -0.25) is 24.1 Å². The zero-order valence-electron chi connectivity index (χ0n) is 20.6. The fraction of sp³-hybridized carbons (Fsp3) is 0.520. The summed E-state index contributed by atoms with van der Waals surface area (Å²) in [6.07, 6.45) is 3.30. The summed E-state index contributed by atoms with van der Waals surface area (Å²) in [6.45, 7) is 7.77. The number of hydrogen-bond acceptors (Lipinski definition) is 7. The molecular weight excluding hydrogens is 501 g/mol. The number of nitrogens with zero attached hydrogens (tertiary/aromatic N) is 6. The fourth-order valence-electron chi connectivity index (χ4n) is 5.44. The van der Waals surface area contributed by atoms with Crippen LogP contribution in [-0.4, -0.2) is 74.1 Å². The van der Waals surface area contributed by atoms with Crippen molar-refractivity contribution in [2.24, 2.45) is 7.05 Å². The number of aromatic nitrogens is 4.